The third-order valence-corrected chi connectivity index (χ3v) is 4.16. The summed E-state index contributed by atoms with van der Waals surface area (Å²) in [5, 5.41) is 9.28. The molecule has 2 rings (SSSR count). The van der Waals surface area contributed by atoms with Crippen LogP contribution in [-0.4, -0.2) is 28.5 Å². The molecule has 4 heteroatoms. The first-order chi connectivity index (χ1) is 9.99. The average molecular weight is 293 g/mol. The molecule has 21 heavy (non-hydrogen) atoms. The van der Waals surface area contributed by atoms with Crippen molar-refractivity contribution in [1.29, 1.82) is 0 Å². The Labute approximate surface area is 125 Å². The van der Waals surface area contributed by atoms with Crippen LogP contribution < -0.4 is 0 Å². The van der Waals surface area contributed by atoms with E-state index >= 15 is 0 Å². The van der Waals surface area contributed by atoms with E-state index in [2.05, 4.69) is 13.8 Å². The quantitative estimate of drug-likeness (QED) is 0.892. The molecule has 0 aromatic heterocycles. The van der Waals surface area contributed by atoms with Crippen molar-refractivity contribution in [3.8, 4) is 5.75 Å². The highest BCUT2D eigenvalue weighted by Crippen LogP contribution is 2.27. The Kier molecular flexibility index (Phi) is 5.21. The van der Waals surface area contributed by atoms with Crippen molar-refractivity contribution in [2.45, 2.75) is 52.0 Å². The molecule has 1 amide bonds. The highest BCUT2D eigenvalue weighted by atomic mass is 19.1. The topological polar surface area (TPSA) is 40.5 Å². The maximum atomic E-state index is 13.9. The molecular formula is C17H24FNO2. The van der Waals surface area contributed by atoms with Crippen LogP contribution in [0.15, 0.2) is 18.2 Å². The first-order valence-corrected chi connectivity index (χ1v) is 7.78. The number of nitrogens with zero attached hydrogens (tertiary/aromatic N) is 1. The van der Waals surface area contributed by atoms with Crippen LogP contribution in [0.3, 0.4) is 0 Å². The van der Waals surface area contributed by atoms with Crippen molar-refractivity contribution >= 4 is 5.91 Å². The first kappa shape index (κ1) is 15.8. The second-order valence-electron chi connectivity index (χ2n) is 6.28. The lowest BCUT2D eigenvalue weighted by molar-refractivity contribution is 0.0667. The number of carbonyl (C=O) groups excluding carboxylic acids is 1. The van der Waals surface area contributed by atoms with Crippen LogP contribution >= 0.6 is 0 Å². The van der Waals surface area contributed by atoms with Crippen LogP contribution in [-0.2, 0) is 0 Å². The van der Waals surface area contributed by atoms with E-state index in [1.807, 2.05) is 4.90 Å². The summed E-state index contributed by atoms with van der Waals surface area (Å²) in [6, 6.07) is 3.97. The normalized spacial score (nSPS) is 15.6. The molecule has 1 aliphatic rings. The molecule has 1 fully saturated rings. The van der Waals surface area contributed by atoms with Gasteiger partial charge < -0.3 is 10.0 Å². The van der Waals surface area contributed by atoms with E-state index in [4.69, 9.17) is 0 Å². The van der Waals surface area contributed by atoms with Crippen molar-refractivity contribution in [3.63, 3.8) is 0 Å². The minimum absolute atomic E-state index is 0.0588. The second kappa shape index (κ2) is 6.92. The third-order valence-electron chi connectivity index (χ3n) is 4.16. The van der Waals surface area contributed by atoms with Crippen LogP contribution in [0.2, 0.25) is 0 Å². The minimum Gasteiger partial charge on any atom is -0.508 e. The standard InChI is InChI=1S/C17H24FNO2/c1-12(2)9-10-19(13-5-3-4-6-13)17(21)15-8-7-14(20)11-16(15)18/h7-8,11-13,20H,3-6,9-10H2,1-2H3. The fraction of sp³-hybridized carbons (Fsp3) is 0.588. The van der Waals surface area contributed by atoms with Crippen molar-refractivity contribution in [3.05, 3.63) is 29.6 Å². The Morgan fingerprint density at radius 2 is 2.05 bits per heavy atom. The number of phenols is 1. The molecule has 0 heterocycles. The number of hydrogen-bond donors (Lipinski definition) is 1. The van der Waals surface area contributed by atoms with Crippen molar-refractivity contribution in [2.24, 2.45) is 5.92 Å². The van der Waals surface area contributed by atoms with E-state index < -0.39 is 5.82 Å². The van der Waals surface area contributed by atoms with Gasteiger partial charge in [-0.1, -0.05) is 26.7 Å². The Morgan fingerprint density at radius 3 is 2.62 bits per heavy atom. The van der Waals surface area contributed by atoms with Crippen molar-refractivity contribution in [1.82, 2.24) is 4.90 Å². The maximum absolute atomic E-state index is 13.9. The zero-order chi connectivity index (χ0) is 15.4. The van der Waals surface area contributed by atoms with E-state index in [0.717, 1.165) is 38.2 Å². The summed E-state index contributed by atoms with van der Waals surface area (Å²) in [5.74, 6) is -0.544. The molecular weight excluding hydrogens is 269 g/mol. The van der Waals surface area contributed by atoms with Gasteiger partial charge in [-0.25, -0.2) is 4.39 Å². The number of amides is 1. The monoisotopic (exact) mass is 293 g/mol. The first-order valence-electron chi connectivity index (χ1n) is 7.78. The lowest BCUT2D eigenvalue weighted by Gasteiger charge is -2.30. The van der Waals surface area contributed by atoms with Gasteiger partial charge in [0.05, 0.1) is 5.56 Å². The van der Waals surface area contributed by atoms with Gasteiger partial charge in [-0.05, 0) is 37.3 Å². The number of carbonyl (C=O) groups is 1. The van der Waals surface area contributed by atoms with Crippen molar-refractivity contribution in [2.75, 3.05) is 6.54 Å². The summed E-state index contributed by atoms with van der Waals surface area (Å²) in [7, 11) is 0. The second-order valence-corrected chi connectivity index (χ2v) is 6.28. The SMILES string of the molecule is CC(C)CCN(C(=O)c1ccc(O)cc1F)C1CCCC1. The predicted molar refractivity (Wildman–Crippen MR) is 80.8 cm³/mol. The van der Waals surface area contributed by atoms with Gasteiger partial charge in [0.25, 0.3) is 5.91 Å². The van der Waals surface area contributed by atoms with Gasteiger partial charge in [-0.3, -0.25) is 4.79 Å². The molecule has 0 aliphatic heterocycles. The summed E-state index contributed by atoms with van der Waals surface area (Å²) in [5.41, 5.74) is 0.0588. The Hall–Kier alpha value is -1.58. The smallest absolute Gasteiger partial charge is 0.257 e. The van der Waals surface area contributed by atoms with Crippen molar-refractivity contribution < 1.29 is 14.3 Å². The van der Waals surface area contributed by atoms with Gasteiger partial charge in [0.2, 0.25) is 0 Å². The number of halogens is 1. The molecule has 0 atom stereocenters. The van der Waals surface area contributed by atoms with E-state index in [0.29, 0.717) is 12.5 Å². The van der Waals surface area contributed by atoms with Crippen LogP contribution in [0.1, 0.15) is 56.3 Å². The molecule has 1 N–H and O–H groups in total. The van der Waals surface area contributed by atoms with E-state index in [1.165, 1.54) is 12.1 Å². The highest BCUT2D eigenvalue weighted by Gasteiger charge is 2.28. The molecule has 3 nitrogen and oxygen atoms in total. The minimum atomic E-state index is -0.646. The largest absolute Gasteiger partial charge is 0.508 e. The van der Waals surface area contributed by atoms with E-state index in [9.17, 15) is 14.3 Å². The predicted octanol–water partition coefficient (Wildman–Crippen LogP) is 3.96. The summed E-state index contributed by atoms with van der Waals surface area (Å²) in [4.78, 5) is 14.5. The third kappa shape index (κ3) is 3.96. The number of hydrogen-bond acceptors (Lipinski definition) is 2. The maximum Gasteiger partial charge on any atom is 0.257 e. The van der Waals surface area contributed by atoms with Gasteiger partial charge in [0.15, 0.2) is 0 Å². The molecule has 1 aliphatic carbocycles. The van der Waals surface area contributed by atoms with Gasteiger partial charge in [-0.2, -0.15) is 0 Å². The Balaban J connectivity index is 2.19. The van der Waals surface area contributed by atoms with E-state index in [-0.39, 0.29) is 23.3 Å². The van der Waals surface area contributed by atoms with Crippen LogP contribution in [0.5, 0.6) is 5.75 Å². The van der Waals surface area contributed by atoms with Crippen LogP contribution in [0.25, 0.3) is 0 Å². The zero-order valence-corrected chi connectivity index (χ0v) is 12.8. The molecule has 1 saturated carbocycles. The average Bonchev–Trinajstić information content (AvgIpc) is 2.92. The summed E-state index contributed by atoms with van der Waals surface area (Å²) in [6.45, 7) is 4.92. The molecule has 0 bridgehead atoms. The number of benzene rings is 1. The molecule has 116 valence electrons. The fourth-order valence-electron chi connectivity index (χ4n) is 2.90. The fourth-order valence-corrected chi connectivity index (χ4v) is 2.90. The summed E-state index contributed by atoms with van der Waals surface area (Å²) >= 11 is 0. The van der Waals surface area contributed by atoms with Gasteiger partial charge in [-0.15, -0.1) is 0 Å². The van der Waals surface area contributed by atoms with Crippen LogP contribution in [0.4, 0.5) is 4.39 Å². The lowest BCUT2D eigenvalue weighted by atomic mass is 10.1. The lowest BCUT2D eigenvalue weighted by Crippen LogP contribution is -2.40. The summed E-state index contributed by atoms with van der Waals surface area (Å²) in [6.07, 6.45) is 5.19. The molecule has 1 aromatic carbocycles. The molecule has 0 radical (unpaired) electrons. The Bertz CT molecular complexity index is 496. The number of rotatable bonds is 5. The molecule has 0 spiro atoms. The van der Waals surface area contributed by atoms with Gasteiger partial charge in [0.1, 0.15) is 11.6 Å². The molecule has 0 saturated heterocycles. The van der Waals surface area contributed by atoms with Gasteiger partial charge >= 0.3 is 0 Å². The summed E-state index contributed by atoms with van der Waals surface area (Å²) < 4.78 is 13.9. The van der Waals surface area contributed by atoms with E-state index in [1.54, 1.807) is 0 Å². The highest BCUT2D eigenvalue weighted by molar-refractivity contribution is 5.94. The zero-order valence-electron chi connectivity index (χ0n) is 12.8. The number of phenolic OH excluding ortho intramolecular Hbond substituents is 1. The Morgan fingerprint density at radius 1 is 1.38 bits per heavy atom. The number of aromatic hydroxyl groups is 1. The molecule has 0 unspecified atom stereocenters. The van der Waals surface area contributed by atoms with Crippen LogP contribution in [0, 0.1) is 11.7 Å². The van der Waals surface area contributed by atoms with Gasteiger partial charge in [0, 0.05) is 18.7 Å². The molecule has 1 aromatic rings.